The third-order valence-corrected chi connectivity index (χ3v) is 4.33. The van der Waals surface area contributed by atoms with E-state index in [2.05, 4.69) is 5.32 Å². The quantitative estimate of drug-likeness (QED) is 0.911. The first-order valence-electron chi connectivity index (χ1n) is 6.12. The van der Waals surface area contributed by atoms with Crippen molar-refractivity contribution in [2.24, 2.45) is 5.92 Å². The largest absolute Gasteiger partial charge is 0.481 e. The maximum atomic E-state index is 13.6. The molecule has 1 heterocycles. The van der Waals surface area contributed by atoms with Crippen LogP contribution in [0.4, 0.5) is 4.39 Å². The minimum absolute atomic E-state index is 0.370. The fraction of sp³-hybridized carbons (Fsp3) is 0.286. The summed E-state index contributed by atoms with van der Waals surface area (Å²) in [5, 5.41) is 11.9. The van der Waals surface area contributed by atoms with Crippen molar-refractivity contribution < 1.29 is 19.1 Å². The number of carboxylic acid groups (broad SMARTS) is 1. The molecule has 2 unspecified atom stereocenters. The summed E-state index contributed by atoms with van der Waals surface area (Å²) in [5.41, 5.74) is 0. The molecule has 2 N–H and O–H groups in total. The number of amides is 1. The smallest absolute Gasteiger partial charge is 0.308 e. The summed E-state index contributed by atoms with van der Waals surface area (Å²) < 4.78 is 14.2. The van der Waals surface area contributed by atoms with Crippen LogP contribution in [0, 0.1) is 11.7 Å². The zero-order chi connectivity index (χ0) is 14.9. The minimum Gasteiger partial charge on any atom is -0.481 e. The molecule has 0 aliphatic rings. The number of fused-ring (bicyclic) bond motifs is 1. The maximum Gasteiger partial charge on any atom is 0.308 e. The van der Waals surface area contributed by atoms with Gasteiger partial charge in [-0.15, -0.1) is 11.3 Å². The fourth-order valence-corrected chi connectivity index (χ4v) is 2.73. The van der Waals surface area contributed by atoms with E-state index in [4.69, 9.17) is 5.11 Å². The van der Waals surface area contributed by atoms with Crippen LogP contribution in [0.3, 0.4) is 0 Å². The number of benzene rings is 1. The first-order valence-corrected chi connectivity index (χ1v) is 6.93. The summed E-state index contributed by atoms with van der Waals surface area (Å²) in [6.45, 7) is 3.16. The summed E-state index contributed by atoms with van der Waals surface area (Å²) in [4.78, 5) is 23.3. The molecule has 0 radical (unpaired) electrons. The fourth-order valence-electron chi connectivity index (χ4n) is 1.75. The number of halogens is 1. The van der Waals surface area contributed by atoms with Crippen LogP contribution in [-0.4, -0.2) is 23.0 Å². The van der Waals surface area contributed by atoms with Gasteiger partial charge in [-0.25, -0.2) is 4.39 Å². The average Bonchev–Trinajstić information content (AvgIpc) is 2.83. The molecule has 0 spiro atoms. The Balaban J connectivity index is 2.19. The van der Waals surface area contributed by atoms with Crippen molar-refractivity contribution in [1.82, 2.24) is 5.32 Å². The highest BCUT2D eigenvalue weighted by Gasteiger charge is 2.22. The average molecular weight is 295 g/mol. The molecule has 2 atom stereocenters. The molecule has 20 heavy (non-hydrogen) atoms. The predicted molar refractivity (Wildman–Crippen MR) is 75.5 cm³/mol. The van der Waals surface area contributed by atoms with E-state index in [1.807, 2.05) is 0 Å². The zero-order valence-electron chi connectivity index (χ0n) is 11.0. The number of nitrogens with one attached hydrogen (secondary N) is 1. The molecule has 0 aliphatic carbocycles. The van der Waals surface area contributed by atoms with E-state index in [-0.39, 0.29) is 11.7 Å². The third-order valence-electron chi connectivity index (χ3n) is 3.23. The molecule has 0 saturated heterocycles. The van der Waals surface area contributed by atoms with Gasteiger partial charge in [-0.05, 0) is 32.0 Å². The van der Waals surface area contributed by atoms with E-state index < -0.39 is 17.9 Å². The molecule has 0 fully saturated rings. The Morgan fingerprint density at radius 3 is 2.65 bits per heavy atom. The lowest BCUT2D eigenvalue weighted by Gasteiger charge is -2.16. The third kappa shape index (κ3) is 2.80. The van der Waals surface area contributed by atoms with Gasteiger partial charge in [0.15, 0.2) is 0 Å². The number of hydrogen-bond acceptors (Lipinski definition) is 3. The molecule has 0 aliphatic heterocycles. The first-order chi connectivity index (χ1) is 9.40. The topological polar surface area (TPSA) is 66.4 Å². The first kappa shape index (κ1) is 14.5. The Labute approximate surface area is 119 Å². The number of aliphatic carboxylic acids is 1. The predicted octanol–water partition coefficient (Wildman–Crippen LogP) is 2.88. The van der Waals surface area contributed by atoms with Crippen molar-refractivity contribution in [2.45, 2.75) is 19.9 Å². The minimum atomic E-state index is -0.972. The van der Waals surface area contributed by atoms with Gasteiger partial charge >= 0.3 is 5.97 Å². The highest BCUT2D eigenvalue weighted by molar-refractivity contribution is 7.20. The van der Waals surface area contributed by atoms with Gasteiger partial charge in [0.05, 0.1) is 10.8 Å². The standard InChI is InChI=1S/C14H14FNO3S/c1-7(14(18)19)8(2)16-13(17)12-6-9-10(15)4-3-5-11(9)20-12/h3-8H,1-2H3,(H,16,17)(H,18,19). The van der Waals surface area contributed by atoms with Crippen LogP contribution in [-0.2, 0) is 4.79 Å². The molecular weight excluding hydrogens is 281 g/mol. The molecule has 0 saturated carbocycles. The number of carbonyl (C=O) groups is 2. The molecule has 2 rings (SSSR count). The van der Waals surface area contributed by atoms with Crippen molar-refractivity contribution in [2.75, 3.05) is 0 Å². The van der Waals surface area contributed by atoms with E-state index in [0.29, 0.717) is 15.0 Å². The molecular formula is C14H14FNO3S. The monoisotopic (exact) mass is 295 g/mol. The highest BCUT2D eigenvalue weighted by atomic mass is 32.1. The van der Waals surface area contributed by atoms with Gasteiger partial charge < -0.3 is 10.4 Å². The van der Waals surface area contributed by atoms with E-state index in [1.54, 1.807) is 19.1 Å². The van der Waals surface area contributed by atoms with Crippen LogP contribution in [0.25, 0.3) is 10.1 Å². The van der Waals surface area contributed by atoms with Crippen molar-refractivity contribution in [3.8, 4) is 0 Å². The lowest BCUT2D eigenvalue weighted by atomic mass is 10.0. The number of carboxylic acids is 1. The van der Waals surface area contributed by atoms with Crippen LogP contribution >= 0.6 is 11.3 Å². The van der Waals surface area contributed by atoms with Crippen LogP contribution in [0.15, 0.2) is 24.3 Å². The van der Waals surface area contributed by atoms with Gasteiger partial charge in [-0.3, -0.25) is 9.59 Å². The molecule has 106 valence electrons. The second-order valence-corrected chi connectivity index (χ2v) is 5.74. The Morgan fingerprint density at radius 2 is 2.05 bits per heavy atom. The summed E-state index contributed by atoms with van der Waals surface area (Å²) in [6, 6.07) is 5.65. The number of thiophene rings is 1. The van der Waals surface area contributed by atoms with Crippen LogP contribution in [0.1, 0.15) is 23.5 Å². The second-order valence-electron chi connectivity index (χ2n) is 4.65. The number of rotatable bonds is 4. The number of carbonyl (C=O) groups excluding carboxylic acids is 1. The van der Waals surface area contributed by atoms with Crippen molar-refractivity contribution in [3.63, 3.8) is 0 Å². The molecule has 4 nitrogen and oxygen atoms in total. The van der Waals surface area contributed by atoms with Gasteiger partial charge in [0, 0.05) is 16.1 Å². The van der Waals surface area contributed by atoms with Gasteiger partial charge in [-0.1, -0.05) is 6.07 Å². The van der Waals surface area contributed by atoms with Crippen molar-refractivity contribution >= 4 is 33.3 Å². The highest BCUT2D eigenvalue weighted by Crippen LogP contribution is 2.27. The molecule has 6 heteroatoms. The summed E-state index contributed by atoms with van der Waals surface area (Å²) in [5.74, 6) is -2.42. The van der Waals surface area contributed by atoms with Gasteiger partial charge in [-0.2, -0.15) is 0 Å². The molecule has 2 aromatic rings. The molecule has 1 amide bonds. The van der Waals surface area contributed by atoms with Gasteiger partial charge in [0.1, 0.15) is 5.82 Å². The Morgan fingerprint density at radius 1 is 1.35 bits per heavy atom. The Bertz CT molecular complexity index is 667. The summed E-state index contributed by atoms with van der Waals surface area (Å²) in [6.07, 6.45) is 0. The molecule has 1 aromatic carbocycles. The Kier molecular flexibility index (Phi) is 4.04. The maximum absolute atomic E-state index is 13.6. The Hall–Kier alpha value is -1.95. The second kappa shape index (κ2) is 5.58. The summed E-state index contributed by atoms with van der Waals surface area (Å²) >= 11 is 1.18. The van der Waals surface area contributed by atoms with Crippen molar-refractivity contribution in [1.29, 1.82) is 0 Å². The van der Waals surface area contributed by atoms with E-state index >= 15 is 0 Å². The van der Waals surface area contributed by atoms with Crippen LogP contribution in [0.2, 0.25) is 0 Å². The van der Waals surface area contributed by atoms with Crippen LogP contribution < -0.4 is 5.32 Å². The molecule has 1 aromatic heterocycles. The summed E-state index contributed by atoms with van der Waals surface area (Å²) in [7, 11) is 0. The van der Waals surface area contributed by atoms with E-state index in [1.165, 1.54) is 30.4 Å². The van der Waals surface area contributed by atoms with Crippen LogP contribution in [0.5, 0.6) is 0 Å². The lowest BCUT2D eigenvalue weighted by Crippen LogP contribution is -2.39. The molecule has 0 bridgehead atoms. The van der Waals surface area contributed by atoms with E-state index in [9.17, 15) is 14.0 Å². The SMILES string of the molecule is CC(NC(=O)c1cc2c(F)cccc2s1)C(C)C(=O)O. The van der Waals surface area contributed by atoms with Crippen molar-refractivity contribution in [3.05, 3.63) is 35.0 Å². The zero-order valence-corrected chi connectivity index (χ0v) is 11.8. The normalized spacial score (nSPS) is 13.9. The van der Waals surface area contributed by atoms with Gasteiger partial charge in [0.2, 0.25) is 0 Å². The lowest BCUT2D eigenvalue weighted by molar-refractivity contribution is -0.141. The van der Waals surface area contributed by atoms with Gasteiger partial charge in [0.25, 0.3) is 5.91 Å². The number of hydrogen-bond donors (Lipinski definition) is 2. The van der Waals surface area contributed by atoms with E-state index in [0.717, 1.165) is 0 Å².